The normalized spacial score (nSPS) is 25.9. The van der Waals surface area contributed by atoms with Gasteiger partial charge in [-0.1, -0.05) is 5.16 Å². The molecule has 0 bridgehead atoms. The molecule has 0 aromatic carbocycles. The molecule has 1 amide bonds. The van der Waals surface area contributed by atoms with Gasteiger partial charge in [0, 0.05) is 25.8 Å². The van der Waals surface area contributed by atoms with Crippen molar-refractivity contribution in [2.75, 3.05) is 19.7 Å². The third-order valence-corrected chi connectivity index (χ3v) is 4.36. The lowest BCUT2D eigenvalue weighted by Gasteiger charge is -2.46. The molecule has 2 aliphatic heterocycles. The predicted molar refractivity (Wildman–Crippen MR) is 70.3 cm³/mol. The molecule has 0 saturated carbocycles. The Kier molecular flexibility index (Phi) is 3.52. The van der Waals surface area contributed by atoms with Gasteiger partial charge in [0.15, 0.2) is 5.69 Å². The van der Waals surface area contributed by atoms with Crippen LogP contribution < -0.4 is 0 Å². The predicted octanol–water partition coefficient (Wildman–Crippen LogP) is 1.13. The fourth-order valence-corrected chi connectivity index (χ4v) is 3.11. The van der Waals surface area contributed by atoms with Crippen LogP contribution in [0.25, 0.3) is 0 Å². The number of aryl methyl sites for hydroxylation is 1. The fourth-order valence-electron chi connectivity index (χ4n) is 3.11. The molecular weight excluding hydrogens is 260 g/mol. The number of amides is 1. The van der Waals surface area contributed by atoms with Gasteiger partial charge in [-0.2, -0.15) is 0 Å². The van der Waals surface area contributed by atoms with Crippen molar-refractivity contribution in [1.29, 1.82) is 0 Å². The molecule has 0 unspecified atom stereocenters. The first-order valence-electron chi connectivity index (χ1n) is 7.15. The average Bonchev–Trinajstić information content (AvgIpc) is 2.89. The van der Waals surface area contributed by atoms with E-state index in [1.165, 1.54) is 0 Å². The Morgan fingerprint density at radius 1 is 1.50 bits per heavy atom. The molecule has 2 fully saturated rings. The number of nitrogens with zero attached hydrogens (tertiary/aromatic N) is 2. The van der Waals surface area contributed by atoms with Crippen LogP contribution in [0.4, 0.5) is 0 Å². The lowest BCUT2D eigenvalue weighted by Crippen LogP contribution is -2.56. The number of hydrogen-bond acceptors (Lipinski definition) is 5. The first kappa shape index (κ1) is 13.6. The summed E-state index contributed by atoms with van der Waals surface area (Å²) in [5.41, 5.74) is -0.0991. The van der Waals surface area contributed by atoms with Gasteiger partial charge in [0.05, 0.1) is 11.7 Å². The van der Waals surface area contributed by atoms with E-state index in [2.05, 4.69) is 5.16 Å². The maximum absolute atomic E-state index is 12.3. The van der Waals surface area contributed by atoms with Crippen molar-refractivity contribution in [3.8, 4) is 0 Å². The highest BCUT2D eigenvalue weighted by Gasteiger charge is 2.44. The summed E-state index contributed by atoms with van der Waals surface area (Å²) in [5.74, 6) is 0.523. The summed E-state index contributed by atoms with van der Waals surface area (Å²) >= 11 is 0. The first-order valence-corrected chi connectivity index (χ1v) is 7.15. The molecule has 110 valence electrons. The van der Waals surface area contributed by atoms with Gasteiger partial charge in [-0.05, 0) is 32.6 Å². The smallest absolute Gasteiger partial charge is 0.276 e. The van der Waals surface area contributed by atoms with Crippen LogP contribution in [0.5, 0.6) is 0 Å². The number of rotatable bonds is 1. The second-order valence-electron chi connectivity index (χ2n) is 5.69. The number of hydrogen-bond donors (Lipinski definition) is 1. The number of carbonyl (C=O) groups is 1. The van der Waals surface area contributed by atoms with Crippen molar-refractivity contribution in [2.45, 2.75) is 44.3 Å². The van der Waals surface area contributed by atoms with Gasteiger partial charge in [-0.25, -0.2) is 0 Å². The molecule has 0 aliphatic carbocycles. The van der Waals surface area contributed by atoms with Crippen LogP contribution >= 0.6 is 0 Å². The lowest BCUT2D eigenvalue weighted by atomic mass is 9.82. The highest BCUT2D eigenvalue weighted by Crippen LogP contribution is 2.35. The van der Waals surface area contributed by atoms with Crippen molar-refractivity contribution in [2.24, 2.45) is 0 Å². The Balaban J connectivity index is 1.65. The van der Waals surface area contributed by atoms with Gasteiger partial charge in [0.1, 0.15) is 5.76 Å². The number of piperidine rings is 1. The molecule has 2 aliphatic rings. The van der Waals surface area contributed by atoms with Crippen molar-refractivity contribution in [3.05, 3.63) is 17.5 Å². The highest BCUT2D eigenvalue weighted by molar-refractivity contribution is 5.92. The van der Waals surface area contributed by atoms with Gasteiger partial charge < -0.3 is 19.3 Å². The summed E-state index contributed by atoms with van der Waals surface area (Å²) in [5, 5.41) is 13.9. The van der Waals surface area contributed by atoms with E-state index in [-0.39, 0.29) is 5.91 Å². The quantitative estimate of drug-likeness (QED) is 0.834. The fraction of sp³-hybridized carbons (Fsp3) is 0.714. The van der Waals surface area contributed by atoms with E-state index in [4.69, 9.17) is 9.26 Å². The molecule has 2 saturated heterocycles. The summed E-state index contributed by atoms with van der Waals surface area (Å²) in [7, 11) is 0. The lowest BCUT2D eigenvalue weighted by molar-refractivity contribution is -0.174. The second-order valence-corrected chi connectivity index (χ2v) is 5.69. The Hall–Kier alpha value is -1.40. The first-order chi connectivity index (χ1) is 9.61. The van der Waals surface area contributed by atoms with Crippen LogP contribution in [0.3, 0.4) is 0 Å². The molecule has 1 spiro atoms. The summed E-state index contributed by atoms with van der Waals surface area (Å²) in [6, 6.07) is 1.65. The zero-order valence-electron chi connectivity index (χ0n) is 11.7. The largest absolute Gasteiger partial charge is 0.390 e. The van der Waals surface area contributed by atoms with Gasteiger partial charge in [-0.15, -0.1) is 0 Å². The molecule has 0 radical (unpaired) electrons. The van der Waals surface area contributed by atoms with Crippen LogP contribution in [0.2, 0.25) is 0 Å². The minimum atomic E-state index is -0.450. The van der Waals surface area contributed by atoms with Gasteiger partial charge in [0.2, 0.25) is 0 Å². The second kappa shape index (κ2) is 5.18. The summed E-state index contributed by atoms with van der Waals surface area (Å²) in [6.45, 7) is 3.64. The van der Waals surface area contributed by atoms with Crippen molar-refractivity contribution < 1.29 is 19.2 Å². The zero-order chi connectivity index (χ0) is 14.2. The minimum Gasteiger partial charge on any atom is -0.390 e. The highest BCUT2D eigenvalue weighted by atomic mass is 16.5. The Morgan fingerprint density at radius 2 is 2.25 bits per heavy atom. The van der Waals surface area contributed by atoms with Crippen LogP contribution in [0.15, 0.2) is 10.6 Å². The molecular formula is C14H20N2O4. The number of aromatic nitrogens is 1. The summed E-state index contributed by atoms with van der Waals surface area (Å²) in [4.78, 5) is 14.0. The number of ether oxygens (including phenoxy) is 1. The Morgan fingerprint density at radius 3 is 2.85 bits per heavy atom. The van der Waals surface area contributed by atoms with Crippen molar-refractivity contribution in [1.82, 2.24) is 10.1 Å². The van der Waals surface area contributed by atoms with Gasteiger partial charge >= 0.3 is 0 Å². The molecule has 1 N–H and O–H groups in total. The van der Waals surface area contributed by atoms with Crippen LogP contribution in [0, 0.1) is 6.92 Å². The Bertz CT molecular complexity index is 491. The number of aliphatic hydroxyl groups is 1. The van der Waals surface area contributed by atoms with E-state index in [1.54, 1.807) is 17.9 Å². The average molecular weight is 280 g/mol. The van der Waals surface area contributed by atoms with Gasteiger partial charge in [0.25, 0.3) is 5.91 Å². The van der Waals surface area contributed by atoms with E-state index >= 15 is 0 Å². The van der Waals surface area contributed by atoms with E-state index in [9.17, 15) is 9.90 Å². The van der Waals surface area contributed by atoms with Crippen molar-refractivity contribution in [3.63, 3.8) is 0 Å². The third-order valence-electron chi connectivity index (χ3n) is 4.36. The van der Waals surface area contributed by atoms with E-state index in [1.807, 2.05) is 0 Å². The molecule has 3 rings (SSSR count). The van der Waals surface area contributed by atoms with E-state index in [0.29, 0.717) is 44.0 Å². The topological polar surface area (TPSA) is 75.8 Å². The molecule has 6 heteroatoms. The molecule has 3 heterocycles. The number of likely N-dealkylation sites (tertiary alicyclic amines) is 1. The molecule has 6 nitrogen and oxygen atoms in total. The number of carbonyl (C=O) groups excluding carboxylic acids is 1. The Labute approximate surface area is 117 Å². The SMILES string of the molecule is Cc1cc(C(=O)N2CCC3(CC2)OCCC[C@@H]3O)no1. The zero-order valence-corrected chi connectivity index (χ0v) is 11.7. The standard InChI is InChI=1S/C14H20N2O4/c1-10-9-11(15-20-10)13(18)16-6-4-14(5-7-16)12(17)3-2-8-19-14/h9,12,17H,2-8H2,1H3/t12-/m0/s1. The van der Waals surface area contributed by atoms with Crippen LogP contribution in [0.1, 0.15) is 41.9 Å². The van der Waals surface area contributed by atoms with Gasteiger partial charge in [-0.3, -0.25) is 4.79 Å². The van der Waals surface area contributed by atoms with E-state index in [0.717, 1.165) is 12.8 Å². The number of aliphatic hydroxyl groups excluding tert-OH is 1. The van der Waals surface area contributed by atoms with Crippen LogP contribution in [-0.2, 0) is 4.74 Å². The minimum absolute atomic E-state index is 0.109. The van der Waals surface area contributed by atoms with Crippen molar-refractivity contribution >= 4 is 5.91 Å². The molecule has 20 heavy (non-hydrogen) atoms. The third kappa shape index (κ3) is 2.33. The maximum Gasteiger partial charge on any atom is 0.276 e. The molecule has 1 aromatic heterocycles. The molecule has 1 aromatic rings. The maximum atomic E-state index is 12.3. The molecule has 1 atom stereocenters. The van der Waals surface area contributed by atoms with Crippen LogP contribution in [-0.4, -0.2) is 52.5 Å². The monoisotopic (exact) mass is 280 g/mol. The van der Waals surface area contributed by atoms with E-state index < -0.39 is 11.7 Å². The summed E-state index contributed by atoms with van der Waals surface area (Å²) in [6.07, 6.45) is 2.64. The summed E-state index contributed by atoms with van der Waals surface area (Å²) < 4.78 is 10.8.